The molecule has 0 saturated carbocycles. The topological polar surface area (TPSA) is 47.4 Å². The van der Waals surface area contributed by atoms with E-state index in [1.165, 1.54) is 4.90 Å². The van der Waals surface area contributed by atoms with Crippen molar-refractivity contribution in [3.63, 3.8) is 0 Å². The lowest BCUT2D eigenvalue weighted by Crippen LogP contribution is -2.48. The maximum Gasteiger partial charge on any atom is 0.410 e. The number of amides is 1. The van der Waals surface area contributed by atoms with E-state index in [1.54, 1.807) is 12.4 Å². The normalized spacial score (nSPS) is 22.0. The van der Waals surface area contributed by atoms with Crippen molar-refractivity contribution in [3.8, 4) is 0 Å². The van der Waals surface area contributed by atoms with Gasteiger partial charge in [0.25, 0.3) is 0 Å². The van der Waals surface area contributed by atoms with Gasteiger partial charge < -0.3 is 14.2 Å². The summed E-state index contributed by atoms with van der Waals surface area (Å²) < 4.78 is 22.9. The zero-order chi connectivity index (χ0) is 17.5. The lowest BCUT2D eigenvalue weighted by molar-refractivity contribution is -0.00662. The number of aromatic nitrogens is 2. The number of benzene rings is 1. The highest BCUT2D eigenvalue weighted by molar-refractivity contribution is 5.76. The minimum Gasteiger partial charge on any atom is -0.444 e. The Morgan fingerprint density at radius 3 is 2.83 bits per heavy atom. The second-order valence-electron chi connectivity index (χ2n) is 7.53. The van der Waals surface area contributed by atoms with Crippen LogP contribution in [0.5, 0.6) is 0 Å². The molecular weight excluding hydrogens is 309 g/mol. The van der Waals surface area contributed by atoms with Crippen molar-refractivity contribution in [2.45, 2.75) is 44.9 Å². The van der Waals surface area contributed by atoms with Crippen LogP contribution in [0.15, 0.2) is 24.5 Å². The number of fused-ring (bicyclic) bond motifs is 1. The van der Waals surface area contributed by atoms with E-state index in [1.807, 2.05) is 44.5 Å². The summed E-state index contributed by atoms with van der Waals surface area (Å²) in [5, 5.41) is 0. The molecule has 5 nitrogen and oxygen atoms in total. The van der Waals surface area contributed by atoms with Crippen molar-refractivity contribution < 1.29 is 13.9 Å². The first-order valence-electron chi connectivity index (χ1n) is 8.26. The lowest BCUT2D eigenvalue weighted by Gasteiger charge is -2.38. The van der Waals surface area contributed by atoms with Crippen molar-refractivity contribution in [3.05, 3.63) is 30.1 Å². The first kappa shape index (κ1) is 16.7. The largest absolute Gasteiger partial charge is 0.444 e. The average Bonchev–Trinajstić information content (AvgIpc) is 2.87. The minimum absolute atomic E-state index is 0.0191. The van der Waals surface area contributed by atoms with Gasteiger partial charge in [-0.3, -0.25) is 0 Å². The van der Waals surface area contributed by atoms with Gasteiger partial charge >= 0.3 is 6.09 Å². The van der Waals surface area contributed by atoms with Crippen LogP contribution in [-0.4, -0.2) is 39.2 Å². The Labute approximate surface area is 141 Å². The molecule has 1 unspecified atom stereocenters. The van der Waals surface area contributed by atoms with Gasteiger partial charge in [0.1, 0.15) is 5.60 Å². The number of hydrogen-bond acceptors (Lipinski definition) is 3. The first-order chi connectivity index (χ1) is 11.2. The van der Waals surface area contributed by atoms with Crippen molar-refractivity contribution in [1.29, 1.82) is 0 Å². The molecule has 1 atom stereocenters. The Balaban J connectivity index is 1.85. The third-order valence-corrected chi connectivity index (χ3v) is 4.34. The maximum absolute atomic E-state index is 15.6. The minimum atomic E-state index is -1.56. The van der Waals surface area contributed by atoms with Crippen LogP contribution in [0.2, 0.25) is 0 Å². The summed E-state index contributed by atoms with van der Waals surface area (Å²) in [6.45, 7) is 5.98. The lowest BCUT2D eigenvalue weighted by atomic mass is 9.87. The summed E-state index contributed by atoms with van der Waals surface area (Å²) in [7, 11) is 1.89. The fourth-order valence-corrected chi connectivity index (χ4v) is 3.13. The van der Waals surface area contributed by atoms with Crippen LogP contribution in [0.1, 0.15) is 39.2 Å². The Morgan fingerprint density at radius 1 is 1.38 bits per heavy atom. The second kappa shape index (κ2) is 5.76. The highest BCUT2D eigenvalue weighted by atomic mass is 19.1. The number of piperidine rings is 1. The molecule has 1 aromatic carbocycles. The van der Waals surface area contributed by atoms with Crippen LogP contribution in [0.25, 0.3) is 11.0 Å². The van der Waals surface area contributed by atoms with Gasteiger partial charge in [-0.25, -0.2) is 14.2 Å². The summed E-state index contributed by atoms with van der Waals surface area (Å²) in [6, 6.07) is 5.44. The van der Waals surface area contributed by atoms with E-state index >= 15 is 4.39 Å². The standard InChI is InChI=1S/C18H24FN3O2/c1-17(2,3)24-16(23)22-9-5-8-18(19,11-22)13-6-7-14-15(10-13)21(4)12-20-14/h6-7,10,12H,5,8-9,11H2,1-4H3. The van der Waals surface area contributed by atoms with E-state index < -0.39 is 17.4 Å². The van der Waals surface area contributed by atoms with Crippen LogP contribution in [-0.2, 0) is 17.5 Å². The molecule has 1 aliphatic rings. The number of carbonyl (C=O) groups excluding carboxylic acids is 1. The Kier molecular flexibility index (Phi) is 4.01. The number of halogens is 1. The van der Waals surface area contributed by atoms with E-state index in [0.29, 0.717) is 24.9 Å². The number of rotatable bonds is 1. The van der Waals surface area contributed by atoms with Gasteiger partial charge in [0.15, 0.2) is 5.67 Å². The second-order valence-corrected chi connectivity index (χ2v) is 7.53. The zero-order valence-corrected chi connectivity index (χ0v) is 14.7. The van der Waals surface area contributed by atoms with Crippen molar-refractivity contribution in [2.75, 3.05) is 13.1 Å². The van der Waals surface area contributed by atoms with Gasteiger partial charge in [0.2, 0.25) is 0 Å². The van der Waals surface area contributed by atoms with Gasteiger partial charge in [0, 0.05) is 13.6 Å². The highest BCUT2D eigenvalue weighted by Crippen LogP contribution is 2.37. The molecule has 1 saturated heterocycles. The number of nitrogens with zero attached hydrogens (tertiary/aromatic N) is 3. The number of likely N-dealkylation sites (tertiary alicyclic amines) is 1. The molecule has 1 aromatic heterocycles. The van der Waals surface area contributed by atoms with E-state index in [-0.39, 0.29) is 6.54 Å². The summed E-state index contributed by atoms with van der Waals surface area (Å²) in [6.07, 6.45) is 2.27. The Bertz CT molecular complexity index is 765. The van der Waals surface area contributed by atoms with Crippen LogP contribution >= 0.6 is 0 Å². The quantitative estimate of drug-likeness (QED) is 0.798. The molecule has 1 aliphatic heterocycles. The molecule has 0 radical (unpaired) electrons. The van der Waals surface area contributed by atoms with Gasteiger partial charge in [0.05, 0.1) is 23.9 Å². The summed E-state index contributed by atoms with van der Waals surface area (Å²) >= 11 is 0. The molecule has 0 aliphatic carbocycles. The molecule has 24 heavy (non-hydrogen) atoms. The third-order valence-electron chi connectivity index (χ3n) is 4.34. The maximum atomic E-state index is 15.6. The zero-order valence-electron chi connectivity index (χ0n) is 14.7. The summed E-state index contributed by atoms with van der Waals surface area (Å²) in [4.78, 5) is 18.0. The van der Waals surface area contributed by atoms with Gasteiger partial charge in [-0.15, -0.1) is 0 Å². The average molecular weight is 333 g/mol. The SMILES string of the molecule is Cn1cnc2ccc(C3(F)CCCN(C(=O)OC(C)(C)C)C3)cc21. The fourth-order valence-electron chi connectivity index (χ4n) is 3.13. The number of alkyl halides is 1. The number of hydrogen-bond donors (Lipinski definition) is 0. The van der Waals surface area contributed by atoms with Crippen molar-refractivity contribution in [1.82, 2.24) is 14.5 Å². The number of imidazole rings is 1. The van der Waals surface area contributed by atoms with Crippen molar-refractivity contribution in [2.24, 2.45) is 7.05 Å². The molecule has 6 heteroatoms. The molecule has 0 bridgehead atoms. The third kappa shape index (κ3) is 3.23. The van der Waals surface area contributed by atoms with Crippen molar-refractivity contribution >= 4 is 17.1 Å². The van der Waals surface area contributed by atoms with E-state index in [4.69, 9.17) is 4.74 Å². The van der Waals surface area contributed by atoms with Crippen LogP contribution in [0, 0.1) is 0 Å². The molecule has 2 heterocycles. The first-order valence-corrected chi connectivity index (χ1v) is 8.26. The van der Waals surface area contributed by atoms with Crippen LogP contribution < -0.4 is 0 Å². The van der Waals surface area contributed by atoms with E-state index in [2.05, 4.69) is 4.98 Å². The predicted octanol–water partition coefficient (Wildman–Crippen LogP) is 3.77. The molecule has 0 N–H and O–H groups in total. The summed E-state index contributed by atoms with van der Waals surface area (Å²) in [5.41, 5.74) is 0.171. The van der Waals surface area contributed by atoms with Crippen LogP contribution in [0.4, 0.5) is 9.18 Å². The fraction of sp³-hybridized carbons (Fsp3) is 0.556. The van der Waals surface area contributed by atoms with Gasteiger partial charge in [-0.1, -0.05) is 6.07 Å². The molecule has 3 rings (SSSR count). The predicted molar refractivity (Wildman–Crippen MR) is 90.5 cm³/mol. The number of carbonyl (C=O) groups is 1. The highest BCUT2D eigenvalue weighted by Gasteiger charge is 2.40. The Morgan fingerprint density at radius 2 is 2.12 bits per heavy atom. The molecule has 2 aromatic rings. The van der Waals surface area contributed by atoms with Crippen LogP contribution in [0.3, 0.4) is 0 Å². The molecule has 1 amide bonds. The van der Waals surface area contributed by atoms with Gasteiger partial charge in [-0.05, 0) is 51.3 Å². The Hall–Kier alpha value is -2.11. The molecular formula is C18H24FN3O2. The molecule has 1 fully saturated rings. The molecule has 0 spiro atoms. The molecule has 130 valence electrons. The number of aryl methyl sites for hydroxylation is 1. The van der Waals surface area contributed by atoms with E-state index in [9.17, 15) is 4.79 Å². The smallest absolute Gasteiger partial charge is 0.410 e. The van der Waals surface area contributed by atoms with E-state index in [0.717, 1.165) is 11.0 Å². The van der Waals surface area contributed by atoms with Gasteiger partial charge in [-0.2, -0.15) is 0 Å². The monoisotopic (exact) mass is 333 g/mol. The number of ether oxygens (including phenoxy) is 1. The summed E-state index contributed by atoms with van der Waals surface area (Å²) in [5.74, 6) is 0.